The van der Waals surface area contributed by atoms with E-state index in [1.165, 1.54) is 5.56 Å². The number of anilines is 2. The maximum Gasteiger partial charge on any atom is 0.304 e. The SMILES string of the molecule is CC(C)Oc1ncc(-c2nc(N3CCc4cc([C@@H](C)NCCC(=O)O)ccc43)no2)cc1C#N. The minimum atomic E-state index is -0.816. The molecule has 4 rings (SSSR count). The third kappa shape index (κ3) is 5.00. The van der Waals surface area contributed by atoms with Crippen molar-refractivity contribution in [3.8, 4) is 23.4 Å². The summed E-state index contributed by atoms with van der Waals surface area (Å²) in [7, 11) is 0. The fraction of sp³-hybridized carbons (Fsp3) is 0.375. The van der Waals surface area contributed by atoms with Gasteiger partial charge in [0.1, 0.15) is 11.6 Å². The maximum atomic E-state index is 10.7. The van der Waals surface area contributed by atoms with Crippen molar-refractivity contribution in [1.29, 1.82) is 5.26 Å². The van der Waals surface area contributed by atoms with Gasteiger partial charge < -0.3 is 24.6 Å². The molecule has 0 unspecified atom stereocenters. The number of hydrogen-bond donors (Lipinski definition) is 2. The van der Waals surface area contributed by atoms with Gasteiger partial charge >= 0.3 is 5.97 Å². The second kappa shape index (κ2) is 9.89. The van der Waals surface area contributed by atoms with Crippen LogP contribution < -0.4 is 15.0 Å². The molecule has 10 nitrogen and oxygen atoms in total. The molecule has 2 aromatic heterocycles. The average Bonchev–Trinajstić information content (AvgIpc) is 3.45. The smallest absolute Gasteiger partial charge is 0.304 e. The number of aromatic nitrogens is 3. The summed E-state index contributed by atoms with van der Waals surface area (Å²) in [4.78, 5) is 21.5. The number of nitrogens with zero attached hydrogens (tertiary/aromatic N) is 5. The number of aliphatic carboxylic acids is 1. The van der Waals surface area contributed by atoms with Gasteiger partial charge in [-0.05, 0) is 55.6 Å². The van der Waals surface area contributed by atoms with E-state index in [0.29, 0.717) is 30.2 Å². The summed E-state index contributed by atoms with van der Waals surface area (Å²) in [5.74, 6) is 0.173. The quantitative estimate of drug-likeness (QED) is 0.485. The molecule has 1 atom stereocenters. The summed E-state index contributed by atoms with van der Waals surface area (Å²) in [6.07, 6.45) is 2.37. The number of pyridine rings is 1. The third-order valence-corrected chi connectivity index (χ3v) is 5.51. The average molecular weight is 463 g/mol. The molecule has 0 saturated heterocycles. The van der Waals surface area contributed by atoms with E-state index in [9.17, 15) is 10.1 Å². The van der Waals surface area contributed by atoms with Gasteiger partial charge in [0.05, 0.1) is 18.1 Å². The molecule has 0 spiro atoms. The fourth-order valence-corrected chi connectivity index (χ4v) is 3.82. The number of rotatable bonds is 9. The lowest BCUT2D eigenvalue weighted by Gasteiger charge is -2.17. The molecule has 0 saturated carbocycles. The molecule has 0 aliphatic carbocycles. The Kier molecular flexibility index (Phi) is 6.75. The second-order valence-electron chi connectivity index (χ2n) is 8.36. The van der Waals surface area contributed by atoms with Crippen LogP contribution in [-0.2, 0) is 11.2 Å². The molecule has 0 fully saturated rings. The van der Waals surface area contributed by atoms with E-state index < -0.39 is 5.97 Å². The second-order valence-corrected chi connectivity index (χ2v) is 8.36. The van der Waals surface area contributed by atoms with Gasteiger partial charge in [0, 0.05) is 31.0 Å². The number of carboxylic acids is 1. The summed E-state index contributed by atoms with van der Waals surface area (Å²) in [6.45, 7) is 6.88. The maximum absolute atomic E-state index is 10.7. The largest absolute Gasteiger partial charge is 0.481 e. The number of fused-ring (bicyclic) bond motifs is 1. The molecule has 0 radical (unpaired) electrons. The van der Waals surface area contributed by atoms with Gasteiger partial charge in [-0.1, -0.05) is 12.1 Å². The molecule has 176 valence electrons. The first-order chi connectivity index (χ1) is 16.4. The lowest BCUT2D eigenvalue weighted by Crippen LogP contribution is -2.22. The van der Waals surface area contributed by atoms with E-state index in [4.69, 9.17) is 14.4 Å². The van der Waals surface area contributed by atoms with Crippen molar-refractivity contribution in [3.63, 3.8) is 0 Å². The highest BCUT2D eigenvalue weighted by atomic mass is 16.5. The predicted molar refractivity (Wildman–Crippen MR) is 124 cm³/mol. The molecule has 0 bridgehead atoms. The van der Waals surface area contributed by atoms with Gasteiger partial charge in [-0.3, -0.25) is 4.79 Å². The van der Waals surface area contributed by atoms with Crippen LogP contribution in [-0.4, -0.2) is 45.4 Å². The standard InChI is InChI=1S/C24H26N6O4/c1-14(2)33-22-18(12-25)11-19(13-27-22)23-28-24(29-34-23)30-9-7-17-10-16(4-5-20(17)30)15(3)26-8-6-21(31)32/h4-5,10-11,13-15,26H,6-9H2,1-3H3,(H,31,32)/t15-/m1/s1. The van der Waals surface area contributed by atoms with Crippen LogP contribution in [0, 0.1) is 11.3 Å². The number of hydrogen-bond acceptors (Lipinski definition) is 9. The van der Waals surface area contributed by atoms with Crippen molar-refractivity contribution < 1.29 is 19.2 Å². The molecule has 1 aliphatic rings. The van der Waals surface area contributed by atoms with E-state index in [-0.39, 0.29) is 30.3 Å². The molecule has 34 heavy (non-hydrogen) atoms. The van der Waals surface area contributed by atoms with Crippen LogP contribution in [0.2, 0.25) is 0 Å². The zero-order valence-corrected chi connectivity index (χ0v) is 19.3. The molecule has 10 heteroatoms. The van der Waals surface area contributed by atoms with Gasteiger partial charge in [-0.25, -0.2) is 4.98 Å². The first-order valence-corrected chi connectivity index (χ1v) is 11.1. The Bertz CT molecular complexity index is 1230. The number of benzene rings is 1. The van der Waals surface area contributed by atoms with E-state index in [2.05, 4.69) is 32.6 Å². The van der Waals surface area contributed by atoms with E-state index >= 15 is 0 Å². The lowest BCUT2D eigenvalue weighted by molar-refractivity contribution is -0.136. The molecule has 1 aliphatic heterocycles. The molecular formula is C24H26N6O4. The topological polar surface area (TPSA) is 137 Å². The molecule has 3 aromatic rings. The minimum Gasteiger partial charge on any atom is -0.481 e. The highest BCUT2D eigenvalue weighted by Gasteiger charge is 2.26. The third-order valence-electron chi connectivity index (χ3n) is 5.51. The Morgan fingerprint density at radius 3 is 2.91 bits per heavy atom. The van der Waals surface area contributed by atoms with E-state index in [1.54, 1.807) is 12.3 Å². The molecule has 2 N–H and O–H groups in total. The van der Waals surface area contributed by atoms with Crippen molar-refractivity contribution in [2.75, 3.05) is 18.0 Å². The summed E-state index contributed by atoms with van der Waals surface area (Å²) < 4.78 is 11.0. The molecule has 1 aromatic carbocycles. The normalized spacial score (nSPS) is 13.6. The monoisotopic (exact) mass is 462 g/mol. The molecule has 0 amide bonds. The zero-order chi connectivity index (χ0) is 24.2. The van der Waals surface area contributed by atoms with Crippen LogP contribution in [0.1, 0.15) is 49.9 Å². The Morgan fingerprint density at radius 2 is 2.18 bits per heavy atom. The van der Waals surface area contributed by atoms with Crippen LogP contribution >= 0.6 is 0 Å². The summed E-state index contributed by atoms with van der Waals surface area (Å²) >= 11 is 0. The van der Waals surface area contributed by atoms with E-state index in [1.807, 2.05) is 37.8 Å². The molecule has 3 heterocycles. The first kappa shape index (κ1) is 23.2. The Balaban J connectivity index is 1.50. The number of carboxylic acid groups (broad SMARTS) is 1. The van der Waals surface area contributed by atoms with E-state index in [0.717, 1.165) is 17.7 Å². The predicted octanol–water partition coefficient (Wildman–Crippen LogP) is 3.61. The highest BCUT2D eigenvalue weighted by Crippen LogP contribution is 2.35. The van der Waals surface area contributed by atoms with Gasteiger partial charge in [-0.2, -0.15) is 10.2 Å². The number of nitrogens with one attached hydrogen (secondary N) is 1. The minimum absolute atomic E-state index is 0.0416. The number of nitriles is 1. The van der Waals surface area contributed by atoms with Gasteiger partial charge in [0.15, 0.2) is 0 Å². The van der Waals surface area contributed by atoms with Crippen molar-refractivity contribution in [2.24, 2.45) is 0 Å². The van der Waals surface area contributed by atoms with Gasteiger partial charge in [0.2, 0.25) is 5.88 Å². The summed E-state index contributed by atoms with van der Waals surface area (Å²) in [5, 5.41) is 25.6. The van der Waals surface area contributed by atoms with Crippen molar-refractivity contribution >= 4 is 17.6 Å². The summed E-state index contributed by atoms with van der Waals surface area (Å²) in [5.41, 5.74) is 4.11. The molecular weight excluding hydrogens is 436 g/mol. The van der Waals surface area contributed by atoms with Gasteiger partial charge in [-0.15, -0.1) is 0 Å². The van der Waals surface area contributed by atoms with Crippen LogP contribution in [0.15, 0.2) is 35.0 Å². The summed E-state index contributed by atoms with van der Waals surface area (Å²) in [6, 6.07) is 9.94. The van der Waals surface area contributed by atoms with Crippen LogP contribution in [0.3, 0.4) is 0 Å². The fourth-order valence-electron chi connectivity index (χ4n) is 3.82. The number of ether oxygens (including phenoxy) is 1. The lowest BCUT2D eigenvalue weighted by atomic mass is 10.0. The highest BCUT2D eigenvalue weighted by molar-refractivity contribution is 5.68. The Labute approximate surface area is 197 Å². The van der Waals surface area contributed by atoms with Crippen LogP contribution in [0.4, 0.5) is 11.6 Å². The Morgan fingerprint density at radius 1 is 1.35 bits per heavy atom. The van der Waals surface area contributed by atoms with Crippen LogP contribution in [0.25, 0.3) is 11.5 Å². The van der Waals surface area contributed by atoms with Crippen molar-refractivity contribution in [1.82, 2.24) is 20.4 Å². The van der Waals surface area contributed by atoms with Crippen LogP contribution in [0.5, 0.6) is 5.88 Å². The number of carbonyl (C=O) groups is 1. The van der Waals surface area contributed by atoms with Gasteiger partial charge in [0.25, 0.3) is 11.8 Å². The van der Waals surface area contributed by atoms with Crippen molar-refractivity contribution in [2.45, 2.75) is 45.8 Å². The first-order valence-electron chi connectivity index (χ1n) is 11.1. The van der Waals surface area contributed by atoms with Crippen molar-refractivity contribution in [3.05, 3.63) is 47.2 Å². The zero-order valence-electron chi connectivity index (χ0n) is 19.3. The Hall–Kier alpha value is -3.97.